The maximum atomic E-state index is 11.5. The Morgan fingerprint density at radius 3 is 2.68 bits per heavy atom. The van der Waals surface area contributed by atoms with E-state index in [-0.39, 0.29) is 11.2 Å². The van der Waals surface area contributed by atoms with Crippen LogP contribution in [-0.4, -0.2) is 48.9 Å². The van der Waals surface area contributed by atoms with Crippen molar-refractivity contribution < 1.29 is 22.3 Å². The van der Waals surface area contributed by atoms with Crippen LogP contribution in [0.15, 0.2) is 21.6 Å². The topological polar surface area (TPSA) is 89.8 Å². The van der Waals surface area contributed by atoms with Crippen LogP contribution >= 0.6 is 0 Å². The molecule has 0 saturated carbocycles. The highest BCUT2D eigenvalue weighted by Gasteiger charge is 2.16. The van der Waals surface area contributed by atoms with Crippen LogP contribution in [0.3, 0.4) is 0 Å². The van der Waals surface area contributed by atoms with Crippen molar-refractivity contribution in [3.05, 3.63) is 17.9 Å². The van der Waals surface area contributed by atoms with E-state index in [0.717, 1.165) is 0 Å². The molecule has 1 aromatic heterocycles. The molecule has 0 bridgehead atoms. The van der Waals surface area contributed by atoms with Gasteiger partial charge >= 0.3 is 0 Å². The second kappa shape index (κ2) is 7.61. The third-order valence-corrected chi connectivity index (χ3v) is 3.81. The molecule has 0 fully saturated rings. The largest absolute Gasteiger partial charge is 0.447 e. The lowest BCUT2D eigenvalue weighted by atomic mass is 10.3. The quantitative estimate of drug-likeness (QED) is 0.663. The molecule has 2 N–H and O–H groups in total. The minimum absolute atomic E-state index is 0.0551. The van der Waals surface area contributed by atoms with Crippen molar-refractivity contribution in [1.29, 1.82) is 0 Å². The van der Waals surface area contributed by atoms with E-state index in [1.807, 2.05) is 0 Å². The maximum Gasteiger partial charge on any atom is 0.273 e. The first kappa shape index (κ1) is 16.1. The monoisotopic (exact) mass is 292 g/mol. The van der Waals surface area contributed by atoms with Gasteiger partial charge in [0.2, 0.25) is 5.09 Å². The van der Waals surface area contributed by atoms with E-state index in [1.54, 1.807) is 20.3 Å². The Hall–Kier alpha value is -0.930. The predicted molar refractivity (Wildman–Crippen MR) is 69.3 cm³/mol. The number of hydrogen-bond donors (Lipinski definition) is 2. The maximum absolute atomic E-state index is 11.5. The van der Waals surface area contributed by atoms with Gasteiger partial charge in [0.05, 0.1) is 19.3 Å². The zero-order valence-corrected chi connectivity index (χ0v) is 12.1. The third-order valence-electron chi connectivity index (χ3n) is 2.53. The van der Waals surface area contributed by atoms with E-state index in [2.05, 4.69) is 10.0 Å². The lowest BCUT2D eigenvalue weighted by Gasteiger charge is -2.14. The van der Waals surface area contributed by atoms with Crippen LogP contribution in [0.2, 0.25) is 0 Å². The highest BCUT2D eigenvalue weighted by atomic mass is 32.2. The number of methoxy groups -OCH3 is 2. The molecule has 0 aliphatic rings. The molecule has 110 valence electrons. The molecule has 19 heavy (non-hydrogen) atoms. The van der Waals surface area contributed by atoms with Gasteiger partial charge < -0.3 is 19.2 Å². The molecular weight excluding hydrogens is 272 g/mol. The summed E-state index contributed by atoms with van der Waals surface area (Å²) in [4.78, 5) is 0. The van der Waals surface area contributed by atoms with E-state index in [4.69, 9.17) is 13.9 Å². The van der Waals surface area contributed by atoms with Crippen LogP contribution in [0.1, 0.15) is 5.76 Å². The minimum Gasteiger partial charge on any atom is -0.447 e. The molecule has 8 heteroatoms. The van der Waals surface area contributed by atoms with Crippen molar-refractivity contribution in [3.63, 3.8) is 0 Å². The zero-order valence-electron chi connectivity index (χ0n) is 11.3. The number of hydrogen-bond acceptors (Lipinski definition) is 6. The van der Waals surface area contributed by atoms with Gasteiger partial charge in [-0.05, 0) is 19.2 Å². The molecule has 1 unspecified atom stereocenters. The number of ether oxygens (including phenoxy) is 2. The molecule has 7 nitrogen and oxygen atoms in total. The summed E-state index contributed by atoms with van der Waals surface area (Å²) in [5, 5.41) is 3.02. The Labute approximate surface area is 113 Å². The molecule has 1 rings (SSSR count). The predicted octanol–water partition coefficient (Wildman–Crippen LogP) is -0.0613. The fourth-order valence-electron chi connectivity index (χ4n) is 1.45. The Bertz CT molecular complexity index is 471. The molecule has 1 heterocycles. The SMILES string of the molecule is CNS(=O)(=O)c1ccc(CNCC(COC)OC)o1. The molecule has 0 spiro atoms. The molecule has 0 aromatic carbocycles. The smallest absolute Gasteiger partial charge is 0.273 e. The normalized spacial score (nSPS) is 13.6. The average molecular weight is 292 g/mol. The van der Waals surface area contributed by atoms with Crippen LogP contribution in [0, 0.1) is 0 Å². The number of furan rings is 1. The van der Waals surface area contributed by atoms with Gasteiger partial charge in [0, 0.05) is 20.8 Å². The van der Waals surface area contributed by atoms with Crippen molar-refractivity contribution in [1.82, 2.24) is 10.0 Å². The lowest BCUT2D eigenvalue weighted by molar-refractivity contribution is 0.0285. The lowest BCUT2D eigenvalue weighted by Crippen LogP contribution is -2.31. The van der Waals surface area contributed by atoms with E-state index in [0.29, 0.717) is 25.5 Å². The van der Waals surface area contributed by atoms with Gasteiger partial charge in [-0.15, -0.1) is 0 Å². The highest BCUT2D eigenvalue weighted by Crippen LogP contribution is 2.13. The van der Waals surface area contributed by atoms with E-state index < -0.39 is 10.0 Å². The summed E-state index contributed by atoms with van der Waals surface area (Å²) in [6.07, 6.45) is -0.0551. The van der Waals surface area contributed by atoms with Crippen LogP contribution in [-0.2, 0) is 26.0 Å². The third kappa shape index (κ3) is 4.92. The van der Waals surface area contributed by atoms with Gasteiger partial charge in [-0.1, -0.05) is 0 Å². The number of rotatable bonds is 9. The molecular formula is C11H20N2O5S. The summed E-state index contributed by atoms with van der Waals surface area (Å²) in [6, 6.07) is 3.04. The van der Waals surface area contributed by atoms with E-state index in [1.165, 1.54) is 13.1 Å². The van der Waals surface area contributed by atoms with Gasteiger partial charge in [0.25, 0.3) is 10.0 Å². The van der Waals surface area contributed by atoms with Crippen LogP contribution in [0.25, 0.3) is 0 Å². The fraction of sp³-hybridized carbons (Fsp3) is 0.636. The average Bonchev–Trinajstić information content (AvgIpc) is 2.87. The molecule has 0 saturated heterocycles. The van der Waals surface area contributed by atoms with Gasteiger partial charge in [-0.3, -0.25) is 0 Å². The van der Waals surface area contributed by atoms with Crippen molar-refractivity contribution >= 4 is 10.0 Å². The van der Waals surface area contributed by atoms with Gasteiger partial charge in [0.1, 0.15) is 5.76 Å². The molecule has 0 radical (unpaired) electrons. The summed E-state index contributed by atoms with van der Waals surface area (Å²) in [5.74, 6) is 0.543. The standard InChI is InChI=1S/C11H20N2O5S/c1-12-19(14,15)11-5-4-9(18-11)6-13-7-10(17-3)8-16-2/h4-5,10,12-13H,6-8H2,1-3H3. The first-order valence-corrected chi connectivity index (χ1v) is 7.26. The van der Waals surface area contributed by atoms with Gasteiger partial charge in [0.15, 0.2) is 0 Å². The second-order valence-electron chi connectivity index (χ2n) is 3.87. The summed E-state index contributed by atoms with van der Waals surface area (Å²) in [7, 11) is 1.03. The van der Waals surface area contributed by atoms with E-state index >= 15 is 0 Å². The van der Waals surface area contributed by atoms with Crippen molar-refractivity contribution in [2.24, 2.45) is 0 Å². The second-order valence-corrected chi connectivity index (χ2v) is 5.69. The fourth-order valence-corrected chi connectivity index (χ4v) is 2.12. The number of sulfonamides is 1. The first-order chi connectivity index (χ1) is 9.03. The number of nitrogens with one attached hydrogen (secondary N) is 2. The zero-order chi connectivity index (χ0) is 14.3. The summed E-state index contributed by atoms with van der Waals surface area (Å²) >= 11 is 0. The Morgan fingerprint density at radius 1 is 1.37 bits per heavy atom. The van der Waals surface area contributed by atoms with Crippen molar-refractivity contribution in [3.8, 4) is 0 Å². The van der Waals surface area contributed by atoms with Crippen LogP contribution in [0.4, 0.5) is 0 Å². The Balaban J connectivity index is 2.47. The highest BCUT2D eigenvalue weighted by molar-refractivity contribution is 7.89. The van der Waals surface area contributed by atoms with Gasteiger partial charge in [-0.25, -0.2) is 13.1 Å². The molecule has 0 aliphatic heterocycles. The summed E-state index contributed by atoms with van der Waals surface area (Å²) < 4.78 is 40.5. The van der Waals surface area contributed by atoms with Crippen LogP contribution in [0.5, 0.6) is 0 Å². The molecule has 0 aliphatic carbocycles. The Morgan fingerprint density at radius 2 is 2.11 bits per heavy atom. The van der Waals surface area contributed by atoms with Crippen molar-refractivity contribution in [2.75, 3.05) is 34.4 Å². The van der Waals surface area contributed by atoms with Gasteiger partial charge in [-0.2, -0.15) is 0 Å². The van der Waals surface area contributed by atoms with Crippen LogP contribution < -0.4 is 10.0 Å². The molecule has 1 atom stereocenters. The summed E-state index contributed by atoms with van der Waals surface area (Å²) in [5.41, 5.74) is 0. The molecule has 1 aromatic rings. The Kier molecular flexibility index (Phi) is 6.46. The van der Waals surface area contributed by atoms with Crippen molar-refractivity contribution in [2.45, 2.75) is 17.7 Å². The first-order valence-electron chi connectivity index (χ1n) is 5.78. The molecule has 0 amide bonds. The minimum atomic E-state index is -3.52. The summed E-state index contributed by atoms with van der Waals surface area (Å²) in [6.45, 7) is 1.49. The van der Waals surface area contributed by atoms with E-state index in [9.17, 15) is 8.42 Å².